The van der Waals surface area contributed by atoms with Crippen molar-refractivity contribution in [3.8, 4) is 16.5 Å². The van der Waals surface area contributed by atoms with E-state index in [-0.39, 0.29) is 11.5 Å². The van der Waals surface area contributed by atoms with Crippen LogP contribution in [0.4, 0.5) is 8.78 Å². The molecule has 0 amide bonds. The average Bonchev–Trinajstić information content (AvgIpc) is 3.31. The third-order valence-corrected chi connectivity index (χ3v) is 7.16. The predicted octanol–water partition coefficient (Wildman–Crippen LogP) is 6.10. The summed E-state index contributed by atoms with van der Waals surface area (Å²) in [4.78, 5) is 15.5. The predicted molar refractivity (Wildman–Crippen MR) is 138 cm³/mol. The minimum atomic E-state index is -2.91. The summed E-state index contributed by atoms with van der Waals surface area (Å²) in [5.41, 5.74) is 6.61. The molecule has 0 bridgehead atoms. The molecule has 0 aliphatic carbocycles. The number of halogens is 2. The van der Waals surface area contributed by atoms with Gasteiger partial charge in [0.15, 0.2) is 5.96 Å². The molecule has 2 aromatic carbocycles. The van der Waals surface area contributed by atoms with Crippen LogP contribution in [0.1, 0.15) is 48.3 Å². The van der Waals surface area contributed by atoms with Crippen molar-refractivity contribution >= 4 is 23.6 Å². The highest BCUT2D eigenvalue weighted by Gasteiger charge is 2.34. The Morgan fingerprint density at radius 1 is 1.11 bits per heavy atom. The van der Waals surface area contributed by atoms with Gasteiger partial charge in [-0.05, 0) is 35.4 Å². The third kappa shape index (κ3) is 6.96. The number of rotatable bonds is 6. The maximum absolute atomic E-state index is 13.5. The maximum atomic E-state index is 13.5. The number of aldehydes is 1. The van der Waals surface area contributed by atoms with E-state index in [0.29, 0.717) is 11.1 Å². The molecule has 0 aliphatic heterocycles. The van der Waals surface area contributed by atoms with E-state index in [1.165, 1.54) is 17.0 Å². The number of nitriles is 1. The summed E-state index contributed by atoms with van der Waals surface area (Å²) in [5.74, 6) is -3.29. The number of carbonyl (C=O) groups excluding carboxylic acids is 1. The zero-order valence-electron chi connectivity index (χ0n) is 20.5. The number of hydrogen-bond donors (Lipinski definition) is 2. The van der Waals surface area contributed by atoms with Gasteiger partial charge in [-0.3, -0.25) is 5.41 Å². The summed E-state index contributed by atoms with van der Waals surface area (Å²) < 4.78 is 27.0. The van der Waals surface area contributed by atoms with Crippen molar-refractivity contribution in [3.05, 3.63) is 82.2 Å². The fourth-order valence-electron chi connectivity index (χ4n) is 3.38. The summed E-state index contributed by atoms with van der Waals surface area (Å²) in [6, 6.07) is 19.5. The molecule has 3 aromatic rings. The Hall–Kier alpha value is -3.57. The lowest BCUT2D eigenvalue weighted by molar-refractivity contribution is -0.110. The van der Waals surface area contributed by atoms with Crippen molar-refractivity contribution in [1.82, 2.24) is 4.90 Å². The fraction of sp³-hybridized carbons (Fsp3) is 0.296. The summed E-state index contributed by atoms with van der Waals surface area (Å²) >= 11 is 1.57. The first-order valence-corrected chi connectivity index (χ1v) is 11.7. The molecule has 1 aromatic heterocycles. The van der Waals surface area contributed by atoms with Crippen LogP contribution in [0.5, 0.6) is 0 Å². The van der Waals surface area contributed by atoms with Gasteiger partial charge in [-0.1, -0.05) is 50.2 Å². The smallest absolute Gasteiger partial charge is 0.270 e. The van der Waals surface area contributed by atoms with E-state index < -0.39 is 17.3 Å². The summed E-state index contributed by atoms with van der Waals surface area (Å²) in [6.07, 6.45) is 0.884. The van der Waals surface area contributed by atoms with Crippen LogP contribution < -0.4 is 5.73 Å². The Bertz CT molecular complexity index is 1200. The van der Waals surface area contributed by atoms with Gasteiger partial charge < -0.3 is 15.4 Å². The van der Waals surface area contributed by atoms with E-state index >= 15 is 0 Å². The molecule has 0 saturated heterocycles. The molecule has 1 atom stereocenters. The van der Waals surface area contributed by atoms with E-state index in [1.54, 1.807) is 43.6 Å². The van der Waals surface area contributed by atoms with Crippen molar-refractivity contribution in [2.45, 2.75) is 38.0 Å². The number of carbonyl (C=O) groups is 1. The van der Waals surface area contributed by atoms with Gasteiger partial charge in [-0.2, -0.15) is 5.26 Å². The molecule has 184 valence electrons. The first-order chi connectivity index (χ1) is 16.3. The van der Waals surface area contributed by atoms with E-state index in [1.807, 2.05) is 44.2 Å². The zero-order valence-corrected chi connectivity index (χ0v) is 21.3. The van der Waals surface area contributed by atoms with Crippen LogP contribution in [0.25, 0.3) is 10.4 Å². The fourth-order valence-corrected chi connectivity index (χ4v) is 4.53. The molecule has 0 aliphatic rings. The molecular weight excluding hydrogens is 466 g/mol. The first-order valence-electron chi connectivity index (χ1n) is 10.9. The van der Waals surface area contributed by atoms with Crippen LogP contribution in [0.15, 0.2) is 60.7 Å². The van der Waals surface area contributed by atoms with Crippen molar-refractivity contribution in [3.63, 3.8) is 0 Å². The highest BCUT2D eigenvalue weighted by molar-refractivity contribution is 7.15. The lowest BCUT2D eigenvalue weighted by Gasteiger charge is -2.30. The monoisotopic (exact) mass is 496 g/mol. The van der Waals surface area contributed by atoms with Gasteiger partial charge in [0, 0.05) is 47.7 Å². The lowest BCUT2D eigenvalue weighted by atomic mass is 9.74. The first kappa shape index (κ1) is 27.7. The molecule has 0 fully saturated rings. The van der Waals surface area contributed by atoms with Crippen molar-refractivity contribution in [2.24, 2.45) is 5.73 Å². The van der Waals surface area contributed by atoms with Gasteiger partial charge in [0.1, 0.15) is 6.29 Å². The summed E-state index contributed by atoms with van der Waals surface area (Å²) in [7, 11) is 3.45. The van der Waals surface area contributed by atoms with Crippen LogP contribution in [-0.4, -0.2) is 31.2 Å². The van der Waals surface area contributed by atoms with Crippen molar-refractivity contribution in [2.75, 3.05) is 14.1 Å². The van der Waals surface area contributed by atoms with Gasteiger partial charge in [-0.25, -0.2) is 8.78 Å². The Balaban J connectivity index is 0.000000641. The Kier molecular flexibility index (Phi) is 8.88. The molecule has 3 rings (SSSR count). The van der Waals surface area contributed by atoms with Crippen molar-refractivity contribution in [1.29, 1.82) is 10.7 Å². The second-order valence-corrected chi connectivity index (χ2v) is 10.1. The number of thiophene rings is 1. The Labute approximate surface area is 209 Å². The minimum absolute atomic E-state index is 0.0699. The molecular formula is C27H30F2N4OS. The van der Waals surface area contributed by atoms with Crippen LogP contribution in [-0.2, 0) is 16.1 Å². The van der Waals surface area contributed by atoms with Crippen LogP contribution >= 0.6 is 11.3 Å². The minimum Gasteiger partial charge on any atom is -0.370 e. The molecule has 3 N–H and O–H groups in total. The number of nitrogens with two attached hydrogens (primary N) is 1. The largest absolute Gasteiger partial charge is 0.370 e. The van der Waals surface area contributed by atoms with E-state index in [4.69, 9.17) is 16.4 Å². The molecule has 35 heavy (non-hydrogen) atoms. The van der Waals surface area contributed by atoms with Crippen LogP contribution in [0, 0.1) is 16.7 Å². The lowest BCUT2D eigenvalue weighted by Crippen LogP contribution is -2.28. The molecule has 5 nitrogen and oxygen atoms in total. The number of benzene rings is 2. The second-order valence-electron chi connectivity index (χ2n) is 8.98. The number of guanidine groups is 1. The van der Waals surface area contributed by atoms with Crippen LogP contribution in [0.2, 0.25) is 0 Å². The molecule has 0 saturated carbocycles. The average molecular weight is 497 g/mol. The van der Waals surface area contributed by atoms with Gasteiger partial charge in [0.2, 0.25) is 0 Å². The Morgan fingerprint density at radius 3 is 2.20 bits per heavy atom. The SMILES string of the molecule is CC(F)(F)c1ccc(C(C=O)C(C)(C)c2ccc(-c3cccc(C#N)c3)s2)cc1.CN(C)C(=N)N. The molecule has 1 heterocycles. The summed E-state index contributed by atoms with van der Waals surface area (Å²) in [5, 5.41) is 15.8. The van der Waals surface area contributed by atoms with Gasteiger partial charge >= 0.3 is 0 Å². The number of nitrogens with one attached hydrogen (secondary N) is 1. The molecule has 1 unspecified atom stereocenters. The highest BCUT2D eigenvalue weighted by Crippen LogP contribution is 2.43. The quantitative estimate of drug-likeness (QED) is 0.245. The van der Waals surface area contributed by atoms with E-state index in [2.05, 4.69) is 6.07 Å². The summed E-state index contributed by atoms with van der Waals surface area (Å²) in [6.45, 7) is 4.82. The number of nitrogens with zero attached hydrogens (tertiary/aromatic N) is 2. The molecule has 0 radical (unpaired) electrons. The van der Waals surface area contributed by atoms with Crippen molar-refractivity contribution < 1.29 is 13.6 Å². The zero-order chi connectivity index (χ0) is 26.4. The standard InChI is InChI=1S/C24H21F2NOS.C3H9N3/c1-23(2,20(15-28)17-7-9-19(10-8-17)24(3,25)26)22-12-11-21(29-22)18-6-4-5-16(13-18)14-27;1-6(2)3(4)5/h4-13,15,20H,1-3H3;1-2H3,(H3,4,5). The van der Waals surface area contributed by atoms with E-state index in [0.717, 1.165) is 28.5 Å². The van der Waals surface area contributed by atoms with E-state index in [9.17, 15) is 13.6 Å². The molecule has 8 heteroatoms. The number of hydrogen-bond acceptors (Lipinski definition) is 4. The maximum Gasteiger partial charge on any atom is 0.270 e. The Morgan fingerprint density at radius 2 is 1.71 bits per heavy atom. The highest BCUT2D eigenvalue weighted by atomic mass is 32.1. The third-order valence-electron chi connectivity index (χ3n) is 5.69. The van der Waals surface area contributed by atoms with Crippen LogP contribution in [0.3, 0.4) is 0 Å². The topological polar surface area (TPSA) is 94.0 Å². The normalized spacial score (nSPS) is 12.1. The van der Waals surface area contributed by atoms with Gasteiger partial charge in [-0.15, -0.1) is 11.3 Å². The molecule has 0 spiro atoms. The van der Waals surface area contributed by atoms with Gasteiger partial charge in [0.05, 0.1) is 11.6 Å². The second kappa shape index (κ2) is 11.2. The number of alkyl halides is 2. The van der Waals surface area contributed by atoms with Gasteiger partial charge in [0.25, 0.3) is 5.92 Å².